The lowest BCUT2D eigenvalue weighted by molar-refractivity contribution is -0.132. The first-order valence-corrected chi connectivity index (χ1v) is 9.28. The number of hydrogen-bond donors (Lipinski definition) is 1. The molecule has 154 valence electrons. The van der Waals surface area contributed by atoms with Crippen molar-refractivity contribution in [3.05, 3.63) is 54.1 Å². The molecule has 2 aromatic carbocycles. The molecular weight excluding hydrogens is 376 g/mol. The largest absolute Gasteiger partial charge is 0.496 e. The van der Waals surface area contributed by atoms with E-state index in [2.05, 4.69) is 29.6 Å². The highest BCUT2D eigenvalue weighted by Gasteiger charge is 2.17. The number of carbonyl (C=O) groups excluding carboxylic acids is 1. The zero-order valence-corrected chi connectivity index (χ0v) is 17.9. The summed E-state index contributed by atoms with van der Waals surface area (Å²) in [6, 6.07) is 16.4. The third-order valence-corrected chi connectivity index (χ3v) is 4.43. The molecule has 0 saturated carbocycles. The van der Waals surface area contributed by atoms with E-state index in [0.29, 0.717) is 26.2 Å². The van der Waals surface area contributed by atoms with E-state index in [4.69, 9.17) is 9.47 Å². The normalized spacial score (nSPS) is 10.5. The first kappa shape index (κ1) is 24.0. The fourth-order valence-corrected chi connectivity index (χ4v) is 2.90. The van der Waals surface area contributed by atoms with E-state index >= 15 is 0 Å². The molecule has 2 aromatic rings. The molecule has 0 unspecified atom stereocenters. The van der Waals surface area contributed by atoms with Crippen molar-refractivity contribution in [2.75, 3.05) is 33.9 Å². The predicted octanol–water partition coefficient (Wildman–Crippen LogP) is 3.76. The van der Waals surface area contributed by atoms with Crippen LogP contribution in [0.25, 0.3) is 11.1 Å². The molecule has 0 bridgehead atoms. The van der Waals surface area contributed by atoms with E-state index in [0.717, 1.165) is 22.4 Å². The molecule has 28 heavy (non-hydrogen) atoms. The van der Waals surface area contributed by atoms with Crippen LogP contribution in [0.5, 0.6) is 5.75 Å². The van der Waals surface area contributed by atoms with Gasteiger partial charge in [0, 0.05) is 31.8 Å². The van der Waals surface area contributed by atoms with Gasteiger partial charge < -0.3 is 19.7 Å². The molecule has 0 aliphatic rings. The van der Waals surface area contributed by atoms with Crippen LogP contribution in [-0.4, -0.2) is 50.8 Å². The molecule has 1 N–H and O–H groups in total. The minimum absolute atomic E-state index is 0. The Balaban J connectivity index is 0.00000392. The summed E-state index contributed by atoms with van der Waals surface area (Å²) >= 11 is 0. The Hall–Kier alpha value is -2.08. The lowest BCUT2D eigenvalue weighted by atomic mass is 10.0. The zero-order valence-electron chi connectivity index (χ0n) is 17.1. The molecule has 0 aliphatic heterocycles. The Morgan fingerprint density at radius 3 is 2.36 bits per heavy atom. The molecule has 0 atom stereocenters. The first-order valence-electron chi connectivity index (χ1n) is 9.28. The van der Waals surface area contributed by atoms with E-state index in [-0.39, 0.29) is 24.4 Å². The maximum Gasteiger partial charge on any atom is 0.237 e. The Labute approximate surface area is 174 Å². The highest BCUT2D eigenvalue weighted by atomic mass is 35.5. The Kier molecular flexibility index (Phi) is 10.6. The number of methoxy groups -OCH3 is 2. The lowest BCUT2D eigenvalue weighted by Crippen LogP contribution is -2.42. The summed E-state index contributed by atoms with van der Waals surface area (Å²) in [7, 11) is 3.33. The van der Waals surface area contributed by atoms with Gasteiger partial charge in [-0.1, -0.05) is 42.5 Å². The van der Waals surface area contributed by atoms with Gasteiger partial charge in [0.1, 0.15) is 5.75 Å². The van der Waals surface area contributed by atoms with Crippen molar-refractivity contribution in [2.45, 2.75) is 26.4 Å². The summed E-state index contributed by atoms with van der Waals surface area (Å²) in [5.74, 6) is 0.946. The van der Waals surface area contributed by atoms with Crippen LogP contribution in [-0.2, 0) is 16.1 Å². The molecule has 0 spiro atoms. The van der Waals surface area contributed by atoms with Crippen molar-refractivity contribution >= 4 is 18.3 Å². The molecule has 6 heteroatoms. The number of para-hydroxylation sites is 1. The number of halogens is 1. The van der Waals surface area contributed by atoms with Crippen LogP contribution < -0.4 is 10.1 Å². The van der Waals surface area contributed by atoms with Crippen LogP contribution in [0.3, 0.4) is 0 Å². The average molecular weight is 407 g/mol. The van der Waals surface area contributed by atoms with Crippen molar-refractivity contribution in [3.63, 3.8) is 0 Å². The van der Waals surface area contributed by atoms with Crippen molar-refractivity contribution in [3.8, 4) is 16.9 Å². The second kappa shape index (κ2) is 12.4. The fourth-order valence-electron chi connectivity index (χ4n) is 2.90. The lowest BCUT2D eigenvalue weighted by Gasteiger charge is -2.27. The van der Waals surface area contributed by atoms with E-state index in [1.807, 2.05) is 43.0 Å². The number of hydrogen-bond acceptors (Lipinski definition) is 4. The number of benzene rings is 2. The number of amides is 1. The standard InChI is InChI=1S/C22H30N2O3.ClH/c1-17(2)24(22(25)15-23-13-14-26-3)16-18-9-11-19(12-10-18)20-7-5-6-8-21(20)27-4;/h5-12,17,23H,13-16H2,1-4H3;1H. The SMILES string of the molecule is COCCNCC(=O)N(Cc1ccc(-c2ccccc2OC)cc1)C(C)C.Cl. The van der Waals surface area contributed by atoms with Gasteiger partial charge in [-0.15, -0.1) is 12.4 Å². The van der Waals surface area contributed by atoms with Crippen LogP contribution in [0.1, 0.15) is 19.4 Å². The molecular formula is C22H31ClN2O3. The highest BCUT2D eigenvalue weighted by molar-refractivity contribution is 5.85. The maximum atomic E-state index is 12.5. The Morgan fingerprint density at radius 1 is 1.07 bits per heavy atom. The van der Waals surface area contributed by atoms with Crippen molar-refractivity contribution in [2.24, 2.45) is 0 Å². The number of rotatable bonds is 10. The number of carbonyl (C=O) groups is 1. The first-order chi connectivity index (χ1) is 13.1. The minimum Gasteiger partial charge on any atom is -0.496 e. The fraction of sp³-hybridized carbons (Fsp3) is 0.409. The molecule has 0 aromatic heterocycles. The van der Waals surface area contributed by atoms with Gasteiger partial charge in [-0.25, -0.2) is 0 Å². The van der Waals surface area contributed by atoms with Crippen LogP contribution in [0, 0.1) is 0 Å². The Bertz CT molecular complexity index is 720. The van der Waals surface area contributed by atoms with E-state index < -0.39 is 0 Å². The molecule has 0 radical (unpaired) electrons. The third kappa shape index (κ3) is 6.82. The second-order valence-electron chi connectivity index (χ2n) is 6.68. The van der Waals surface area contributed by atoms with Crippen LogP contribution in [0.15, 0.2) is 48.5 Å². The summed E-state index contributed by atoms with van der Waals surface area (Å²) in [5, 5.41) is 3.12. The molecule has 1 amide bonds. The Morgan fingerprint density at radius 2 is 1.75 bits per heavy atom. The predicted molar refractivity (Wildman–Crippen MR) is 116 cm³/mol. The quantitative estimate of drug-likeness (QED) is 0.610. The van der Waals surface area contributed by atoms with Crippen LogP contribution in [0.4, 0.5) is 0 Å². The van der Waals surface area contributed by atoms with Crippen molar-refractivity contribution in [1.82, 2.24) is 10.2 Å². The number of nitrogens with one attached hydrogen (secondary N) is 1. The number of ether oxygens (including phenoxy) is 2. The smallest absolute Gasteiger partial charge is 0.237 e. The second-order valence-corrected chi connectivity index (χ2v) is 6.68. The maximum absolute atomic E-state index is 12.5. The van der Waals surface area contributed by atoms with Crippen LogP contribution >= 0.6 is 12.4 Å². The topological polar surface area (TPSA) is 50.8 Å². The van der Waals surface area contributed by atoms with E-state index in [1.54, 1.807) is 14.2 Å². The van der Waals surface area contributed by atoms with Gasteiger partial charge in [0.25, 0.3) is 0 Å². The van der Waals surface area contributed by atoms with E-state index in [1.165, 1.54) is 0 Å². The molecule has 0 heterocycles. The summed E-state index contributed by atoms with van der Waals surface area (Å²) in [6.45, 7) is 6.25. The van der Waals surface area contributed by atoms with Gasteiger partial charge >= 0.3 is 0 Å². The van der Waals surface area contributed by atoms with Gasteiger partial charge in [0.15, 0.2) is 0 Å². The summed E-state index contributed by atoms with van der Waals surface area (Å²) in [4.78, 5) is 14.4. The summed E-state index contributed by atoms with van der Waals surface area (Å²) in [6.07, 6.45) is 0. The third-order valence-electron chi connectivity index (χ3n) is 4.43. The van der Waals surface area contributed by atoms with Crippen molar-refractivity contribution in [1.29, 1.82) is 0 Å². The van der Waals surface area contributed by atoms with Crippen LogP contribution in [0.2, 0.25) is 0 Å². The van der Waals surface area contributed by atoms with Gasteiger partial charge in [-0.3, -0.25) is 4.79 Å². The number of nitrogens with zero attached hydrogens (tertiary/aromatic N) is 1. The minimum atomic E-state index is 0. The van der Waals surface area contributed by atoms with Gasteiger partial charge in [0.2, 0.25) is 5.91 Å². The molecule has 0 fully saturated rings. The molecule has 5 nitrogen and oxygen atoms in total. The zero-order chi connectivity index (χ0) is 19.6. The molecule has 0 aliphatic carbocycles. The molecule has 2 rings (SSSR count). The summed E-state index contributed by atoms with van der Waals surface area (Å²) < 4.78 is 10.4. The molecule has 0 saturated heterocycles. The van der Waals surface area contributed by atoms with Gasteiger partial charge in [0.05, 0.1) is 20.3 Å². The van der Waals surface area contributed by atoms with Gasteiger partial charge in [-0.2, -0.15) is 0 Å². The van der Waals surface area contributed by atoms with Crippen molar-refractivity contribution < 1.29 is 14.3 Å². The average Bonchev–Trinajstić information content (AvgIpc) is 2.69. The highest BCUT2D eigenvalue weighted by Crippen LogP contribution is 2.29. The van der Waals surface area contributed by atoms with E-state index in [9.17, 15) is 4.79 Å². The monoisotopic (exact) mass is 406 g/mol. The van der Waals surface area contributed by atoms with Gasteiger partial charge in [-0.05, 0) is 31.0 Å². The summed E-state index contributed by atoms with van der Waals surface area (Å²) in [5.41, 5.74) is 3.26.